The summed E-state index contributed by atoms with van der Waals surface area (Å²) in [7, 11) is 0. The summed E-state index contributed by atoms with van der Waals surface area (Å²) >= 11 is 10.8. The summed E-state index contributed by atoms with van der Waals surface area (Å²) in [5.41, 5.74) is 1.65. The van der Waals surface area contributed by atoms with Gasteiger partial charge < -0.3 is 9.88 Å². The van der Waals surface area contributed by atoms with Crippen LogP contribution in [-0.4, -0.2) is 26.4 Å². The number of nitrogens with zero attached hydrogens (tertiary/aromatic N) is 3. The Morgan fingerprint density at radius 2 is 2.04 bits per heavy atom. The molecule has 0 aliphatic rings. The van der Waals surface area contributed by atoms with Crippen molar-refractivity contribution in [2.24, 2.45) is 0 Å². The Labute approximate surface area is 169 Å². The largest absolute Gasteiger partial charge is 0.325 e. The summed E-state index contributed by atoms with van der Waals surface area (Å²) in [6, 6.07) is 15.0. The van der Waals surface area contributed by atoms with Crippen LogP contribution in [0.15, 0.2) is 58.2 Å². The van der Waals surface area contributed by atoms with Crippen LogP contribution in [0.25, 0.3) is 11.4 Å². The van der Waals surface area contributed by atoms with Gasteiger partial charge in [-0.05, 0) is 37.3 Å². The van der Waals surface area contributed by atoms with E-state index in [2.05, 4.69) is 31.4 Å². The lowest BCUT2D eigenvalue weighted by molar-refractivity contribution is -0.113. The van der Waals surface area contributed by atoms with E-state index in [1.807, 2.05) is 60.0 Å². The second-order valence-electron chi connectivity index (χ2n) is 5.41. The van der Waals surface area contributed by atoms with E-state index in [0.717, 1.165) is 21.5 Å². The topological polar surface area (TPSA) is 59.8 Å². The molecule has 0 radical (unpaired) electrons. The van der Waals surface area contributed by atoms with Gasteiger partial charge in [-0.2, -0.15) is 0 Å². The van der Waals surface area contributed by atoms with Crippen LogP contribution in [0.3, 0.4) is 0 Å². The number of carbonyl (C=O) groups is 1. The minimum Gasteiger partial charge on any atom is -0.325 e. The lowest BCUT2D eigenvalue weighted by atomic mass is 10.2. The highest BCUT2D eigenvalue weighted by Gasteiger charge is 2.15. The summed E-state index contributed by atoms with van der Waals surface area (Å²) in [6.45, 7) is 2.72. The highest BCUT2D eigenvalue weighted by atomic mass is 79.9. The number of thioether (sulfide) groups is 1. The number of carbonyl (C=O) groups excluding carboxylic acids is 1. The molecule has 0 aliphatic carbocycles. The highest BCUT2D eigenvalue weighted by Crippen LogP contribution is 2.26. The van der Waals surface area contributed by atoms with Crippen molar-refractivity contribution in [3.8, 4) is 11.4 Å². The molecule has 5 nitrogen and oxygen atoms in total. The fourth-order valence-electron chi connectivity index (χ4n) is 2.42. The van der Waals surface area contributed by atoms with E-state index in [1.165, 1.54) is 11.8 Å². The smallest absolute Gasteiger partial charge is 0.234 e. The van der Waals surface area contributed by atoms with E-state index < -0.39 is 0 Å². The molecular weight excluding hydrogens is 436 g/mol. The van der Waals surface area contributed by atoms with Gasteiger partial charge in [0.1, 0.15) is 0 Å². The average Bonchev–Trinajstić information content (AvgIpc) is 3.03. The van der Waals surface area contributed by atoms with Crippen LogP contribution in [0.4, 0.5) is 5.69 Å². The van der Waals surface area contributed by atoms with Gasteiger partial charge in [0.15, 0.2) is 11.0 Å². The Balaban J connectivity index is 1.69. The first-order valence-electron chi connectivity index (χ1n) is 7.94. The predicted molar refractivity (Wildman–Crippen MR) is 110 cm³/mol. The molecular formula is C18H16BrClN4OS. The van der Waals surface area contributed by atoms with Crippen molar-refractivity contribution >= 4 is 50.9 Å². The van der Waals surface area contributed by atoms with Crippen LogP contribution in [0, 0.1) is 0 Å². The van der Waals surface area contributed by atoms with Gasteiger partial charge in [0.05, 0.1) is 5.75 Å². The third kappa shape index (κ3) is 4.66. The third-order valence-corrected chi connectivity index (χ3v) is 5.25. The maximum atomic E-state index is 12.2. The maximum absolute atomic E-state index is 12.2. The van der Waals surface area contributed by atoms with Crippen molar-refractivity contribution in [1.82, 2.24) is 14.8 Å². The van der Waals surface area contributed by atoms with Gasteiger partial charge in [-0.15, -0.1) is 10.2 Å². The minimum atomic E-state index is -0.0944. The minimum absolute atomic E-state index is 0.0944. The fourth-order valence-corrected chi connectivity index (χ4v) is 3.81. The molecule has 0 spiro atoms. The van der Waals surface area contributed by atoms with E-state index in [1.54, 1.807) is 0 Å². The van der Waals surface area contributed by atoms with Gasteiger partial charge in [-0.25, -0.2) is 0 Å². The number of rotatable bonds is 6. The predicted octanol–water partition coefficient (Wildman–Crippen LogP) is 5.11. The number of halogens is 2. The van der Waals surface area contributed by atoms with E-state index in [9.17, 15) is 4.79 Å². The zero-order valence-electron chi connectivity index (χ0n) is 13.9. The molecule has 3 aromatic rings. The first-order chi connectivity index (χ1) is 12.6. The maximum Gasteiger partial charge on any atom is 0.234 e. The van der Waals surface area contributed by atoms with Gasteiger partial charge in [0.2, 0.25) is 5.91 Å². The molecule has 0 atom stereocenters. The van der Waals surface area contributed by atoms with Gasteiger partial charge in [0.25, 0.3) is 0 Å². The second-order valence-corrected chi connectivity index (χ2v) is 7.70. The number of hydrogen-bond acceptors (Lipinski definition) is 4. The van der Waals surface area contributed by atoms with Gasteiger partial charge in [0, 0.05) is 27.3 Å². The van der Waals surface area contributed by atoms with Crippen molar-refractivity contribution < 1.29 is 4.79 Å². The van der Waals surface area contributed by atoms with Crippen LogP contribution in [0.1, 0.15) is 6.92 Å². The number of anilines is 1. The molecule has 2 aromatic carbocycles. The van der Waals surface area contributed by atoms with Gasteiger partial charge in [-0.3, -0.25) is 4.79 Å². The quantitative estimate of drug-likeness (QED) is 0.529. The van der Waals surface area contributed by atoms with Crippen molar-refractivity contribution in [1.29, 1.82) is 0 Å². The van der Waals surface area contributed by atoms with E-state index in [0.29, 0.717) is 16.7 Å². The Morgan fingerprint density at radius 3 is 2.77 bits per heavy atom. The molecule has 1 N–H and O–H groups in total. The zero-order valence-corrected chi connectivity index (χ0v) is 17.1. The molecule has 26 heavy (non-hydrogen) atoms. The first kappa shape index (κ1) is 18.9. The molecule has 1 heterocycles. The lowest BCUT2D eigenvalue weighted by Crippen LogP contribution is -2.14. The molecule has 1 amide bonds. The van der Waals surface area contributed by atoms with Crippen molar-refractivity contribution in [2.75, 3.05) is 11.1 Å². The van der Waals surface area contributed by atoms with Crippen LogP contribution in [-0.2, 0) is 11.3 Å². The number of benzene rings is 2. The molecule has 0 aliphatic heterocycles. The van der Waals surface area contributed by atoms with E-state index in [-0.39, 0.29) is 11.7 Å². The summed E-state index contributed by atoms with van der Waals surface area (Å²) in [5, 5.41) is 12.7. The molecule has 3 rings (SSSR count). The summed E-state index contributed by atoms with van der Waals surface area (Å²) < 4.78 is 2.89. The van der Waals surface area contributed by atoms with Gasteiger partial charge in [-0.1, -0.05) is 57.5 Å². The summed E-state index contributed by atoms with van der Waals surface area (Å²) in [4.78, 5) is 12.2. The van der Waals surface area contributed by atoms with Crippen molar-refractivity contribution in [2.45, 2.75) is 18.6 Å². The third-order valence-electron chi connectivity index (χ3n) is 3.56. The zero-order chi connectivity index (χ0) is 18.5. The second kappa shape index (κ2) is 8.70. The summed E-state index contributed by atoms with van der Waals surface area (Å²) in [6.07, 6.45) is 0. The number of amides is 1. The fraction of sp³-hybridized carbons (Fsp3) is 0.167. The SMILES string of the molecule is CCn1c(SCC(=O)Nc2cccc(Br)c2)nnc1-c1cccc(Cl)c1. The Morgan fingerprint density at radius 1 is 1.23 bits per heavy atom. The van der Waals surface area contributed by atoms with Crippen LogP contribution in [0.5, 0.6) is 0 Å². The molecule has 0 unspecified atom stereocenters. The molecule has 0 bridgehead atoms. The van der Waals surface area contributed by atoms with Gasteiger partial charge >= 0.3 is 0 Å². The average molecular weight is 452 g/mol. The molecule has 0 saturated heterocycles. The van der Waals surface area contributed by atoms with E-state index in [4.69, 9.17) is 11.6 Å². The van der Waals surface area contributed by atoms with Crippen LogP contribution >= 0.6 is 39.3 Å². The standard InChI is InChI=1S/C18H16BrClN4OS/c1-2-24-17(12-5-3-7-14(20)9-12)22-23-18(24)26-11-16(25)21-15-8-4-6-13(19)10-15/h3-10H,2,11H2,1H3,(H,21,25). The molecule has 1 aromatic heterocycles. The van der Waals surface area contributed by atoms with Crippen molar-refractivity contribution in [3.05, 3.63) is 58.0 Å². The molecule has 8 heteroatoms. The molecule has 0 saturated carbocycles. The number of hydrogen-bond donors (Lipinski definition) is 1. The lowest BCUT2D eigenvalue weighted by Gasteiger charge is -2.08. The number of nitrogens with one attached hydrogen (secondary N) is 1. The number of aromatic nitrogens is 3. The highest BCUT2D eigenvalue weighted by molar-refractivity contribution is 9.10. The normalized spacial score (nSPS) is 10.7. The van der Waals surface area contributed by atoms with E-state index >= 15 is 0 Å². The Hall–Kier alpha value is -1.83. The Kier molecular flexibility index (Phi) is 6.34. The van der Waals surface area contributed by atoms with Crippen LogP contribution in [0.2, 0.25) is 5.02 Å². The summed E-state index contributed by atoms with van der Waals surface area (Å²) in [5.74, 6) is 0.896. The first-order valence-corrected chi connectivity index (χ1v) is 10.1. The molecule has 0 fully saturated rings. The Bertz CT molecular complexity index is 931. The van der Waals surface area contributed by atoms with Crippen LogP contribution < -0.4 is 5.32 Å². The monoisotopic (exact) mass is 450 g/mol. The van der Waals surface area contributed by atoms with Crippen molar-refractivity contribution in [3.63, 3.8) is 0 Å². The molecule has 134 valence electrons.